The van der Waals surface area contributed by atoms with Gasteiger partial charge < -0.3 is 4.90 Å². The summed E-state index contributed by atoms with van der Waals surface area (Å²) >= 11 is 0. The second-order valence-electron chi connectivity index (χ2n) is 6.33. The van der Waals surface area contributed by atoms with Gasteiger partial charge in [0.05, 0.1) is 11.3 Å². The minimum absolute atomic E-state index is 0.0211. The molecule has 2 aromatic heterocycles. The van der Waals surface area contributed by atoms with Crippen LogP contribution < -0.4 is 10.5 Å². The molecule has 0 atom stereocenters. The Morgan fingerprint density at radius 3 is 2.87 bits per heavy atom. The van der Waals surface area contributed by atoms with Crippen molar-refractivity contribution in [3.05, 3.63) is 51.7 Å². The summed E-state index contributed by atoms with van der Waals surface area (Å²) in [5.41, 5.74) is 2.99. The maximum Gasteiger partial charge on any atom is 0.257 e. The average molecular weight is 311 g/mol. The van der Waals surface area contributed by atoms with Gasteiger partial charge in [-0.1, -0.05) is 6.07 Å². The van der Waals surface area contributed by atoms with Crippen LogP contribution in [0.15, 0.2) is 29.3 Å². The molecule has 2 aliphatic rings. The highest BCUT2D eigenvalue weighted by Crippen LogP contribution is 2.20. The summed E-state index contributed by atoms with van der Waals surface area (Å²) in [4.78, 5) is 28.8. The van der Waals surface area contributed by atoms with E-state index in [1.54, 1.807) is 6.20 Å². The number of pyridine rings is 1. The molecule has 1 saturated heterocycles. The first-order valence-electron chi connectivity index (χ1n) is 8.28. The standard InChI is InChI=1S/C17H21N5O/c23-16-14-12-21(11-13-4-3-6-18-10-13)9-5-15(14)19-17(20-16)22-7-1-2-8-22/h3-4,6,10H,1-2,5,7-9,11-12H2,(H,19,20,23). The summed E-state index contributed by atoms with van der Waals surface area (Å²) in [6.07, 6.45) is 6.86. The minimum Gasteiger partial charge on any atom is -0.342 e. The van der Waals surface area contributed by atoms with Crippen molar-refractivity contribution in [2.45, 2.75) is 32.4 Å². The number of nitrogens with one attached hydrogen (secondary N) is 1. The predicted octanol–water partition coefficient (Wildman–Crippen LogP) is 1.32. The third-order valence-electron chi connectivity index (χ3n) is 4.67. The van der Waals surface area contributed by atoms with E-state index < -0.39 is 0 Å². The van der Waals surface area contributed by atoms with Gasteiger partial charge in [0.2, 0.25) is 5.95 Å². The van der Waals surface area contributed by atoms with E-state index in [1.165, 1.54) is 18.4 Å². The van der Waals surface area contributed by atoms with Gasteiger partial charge in [-0.25, -0.2) is 4.98 Å². The Hall–Kier alpha value is -2.21. The Morgan fingerprint density at radius 1 is 1.22 bits per heavy atom. The molecule has 0 unspecified atom stereocenters. The maximum absolute atomic E-state index is 12.5. The average Bonchev–Trinajstić information content (AvgIpc) is 3.11. The van der Waals surface area contributed by atoms with Gasteiger partial charge in [-0.3, -0.25) is 19.7 Å². The number of H-pyrrole nitrogens is 1. The van der Waals surface area contributed by atoms with Crippen molar-refractivity contribution in [3.8, 4) is 0 Å². The lowest BCUT2D eigenvalue weighted by molar-refractivity contribution is 0.241. The number of rotatable bonds is 3. The van der Waals surface area contributed by atoms with Crippen LogP contribution in [0.3, 0.4) is 0 Å². The number of fused-ring (bicyclic) bond motifs is 1. The Balaban J connectivity index is 1.54. The molecule has 0 bridgehead atoms. The molecule has 1 fully saturated rings. The molecule has 0 saturated carbocycles. The van der Waals surface area contributed by atoms with Crippen LogP contribution in [0.4, 0.5) is 5.95 Å². The van der Waals surface area contributed by atoms with Crippen molar-refractivity contribution in [2.75, 3.05) is 24.5 Å². The van der Waals surface area contributed by atoms with Crippen LogP contribution in [0.1, 0.15) is 29.7 Å². The number of aromatic amines is 1. The molecule has 120 valence electrons. The van der Waals surface area contributed by atoms with Gasteiger partial charge in [0.1, 0.15) is 0 Å². The van der Waals surface area contributed by atoms with Crippen LogP contribution in [-0.2, 0) is 19.5 Å². The molecule has 23 heavy (non-hydrogen) atoms. The van der Waals surface area contributed by atoms with Crippen LogP contribution in [-0.4, -0.2) is 39.5 Å². The molecule has 6 nitrogen and oxygen atoms in total. The summed E-state index contributed by atoms with van der Waals surface area (Å²) in [5, 5.41) is 0. The first-order chi connectivity index (χ1) is 11.3. The predicted molar refractivity (Wildman–Crippen MR) is 88.4 cm³/mol. The molecule has 0 amide bonds. The number of nitrogens with zero attached hydrogens (tertiary/aromatic N) is 4. The second-order valence-corrected chi connectivity index (χ2v) is 6.33. The summed E-state index contributed by atoms with van der Waals surface area (Å²) in [7, 11) is 0. The Morgan fingerprint density at radius 2 is 2.09 bits per heavy atom. The van der Waals surface area contributed by atoms with Crippen LogP contribution >= 0.6 is 0 Å². The van der Waals surface area contributed by atoms with Crippen molar-refractivity contribution in [3.63, 3.8) is 0 Å². The lowest BCUT2D eigenvalue weighted by atomic mass is 10.1. The second kappa shape index (κ2) is 6.12. The van der Waals surface area contributed by atoms with Crippen LogP contribution in [0, 0.1) is 0 Å². The molecule has 1 N–H and O–H groups in total. The van der Waals surface area contributed by atoms with Gasteiger partial charge in [-0.05, 0) is 24.5 Å². The smallest absolute Gasteiger partial charge is 0.257 e. The lowest BCUT2D eigenvalue weighted by Gasteiger charge is -2.28. The lowest BCUT2D eigenvalue weighted by Crippen LogP contribution is -2.36. The molecule has 4 heterocycles. The fourth-order valence-corrected chi connectivity index (χ4v) is 3.43. The summed E-state index contributed by atoms with van der Waals surface area (Å²) in [5.74, 6) is 0.756. The molecule has 2 aliphatic heterocycles. The molecule has 0 radical (unpaired) electrons. The van der Waals surface area contributed by atoms with Crippen LogP contribution in [0.5, 0.6) is 0 Å². The van der Waals surface area contributed by atoms with E-state index in [2.05, 4.69) is 25.8 Å². The van der Waals surface area contributed by atoms with Crippen LogP contribution in [0.2, 0.25) is 0 Å². The van der Waals surface area contributed by atoms with E-state index in [1.807, 2.05) is 12.3 Å². The molecule has 0 aromatic carbocycles. The van der Waals surface area contributed by atoms with Gasteiger partial charge in [-0.15, -0.1) is 0 Å². The van der Waals surface area contributed by atoms with E-state index in [4.69, 9.17) is 4.98 Å². The fourth-order valence-electron chi connectivity index (χ4n) is 3.43. The monoisotopic (exact) mass is 311 g/mol. The normalized spacial score (nSPS) is 18.2. The largest absolute Gasteiger partial charge is 0.342 e. The zero-order chi connectivity index (χ0) is 15.6. The van der Waals surface area contributed by atoms with Gasteiger partial charge in [0.15, 0.2) is 0 Å². The zero-order valence-electron chi connectivity index (χ0n) is 13.2. The van der Waals surface area contributed by atoms with Gasteiger partial charge in [0.25, 0.3) is 5.56 Å². The van der Waals surface area contributed by atoms with Gasteiger partial charge in [0, 0.05) is 51.5 Å². The van der Waals surface area contributed by atoms with Crippen molar-refractivity contribution in [1.82, 2.24) is 19.9 Å². The molecular formula is C17H21N5O. The van der Waals surface area contributed by atoms with Gasteiger partial charge >= 0.3 is 0 Å². The van der Waals surface area contributed by atoms with Crippen molar-refractivity contribution < 1.29 is 0 Å². The van der Waals surface area contributed by atoms with E-state index in [-0.39, 0.29) is 5.56 Å². The minimum atomic E-state index is 0.0211. The zero-order valence-corrected chi connectivity index (χ0v) is 13.2. The van der Waals surface area contributed by atoms with Gasteiger partial charge in [-0.2, -0.15) is 0 Å². The molecule has 0 spiro atoms. The highest BCUT2D eigenvalue weighted by atomic mass is 16.1. The Bertz CT molecular complexity index is 736. The van der Waals surface area contributed by atoms with Crippen molar-refractivity contribution in [1.29, 1.82) is 0 Å². The Labute approximate surface area is 135 Å². The number of hydrogen-bond donors (Lipinski definition) is 1. The SMILES string of the molecule is O=c1[nH]c(N2CCCC2)nc2c1CN(Cc1cccnc1)CC2. The van der Waals surface area contributed by atoms with E-state index in [0.29, 0.717) is 6.54 Å². The van der Waals surface area contributed by atoms with Crippen molar-refractivity contribution >= 4 is 5.95 Å². The first kappa shape index (κ1) is 14.4. The topological polar surface area (TPSA) is 65.1 Å². The van der Waals surface area contributed by atoms with Crippen molar-refractivity contribution in [2.24, 2.45) is 0 Å². The molecule has 4 rings (SSSR count). The summed E-state index contributed by atoms with van der Waals surface area (Å²) < 4.78 is 0. The molecule has 6 heteroatoms. The van der Waals surface area contributed by atoms with E-state index in [0.717, 1.165) is 49.8 Å². The number of aromatic nitrogens is 3. The third-order valence-corrected chi connectivity index (χ3v) is 4.67. The Kier molecular flexibility index (Phi) is 3.83. The molecule has 0 aliphatic carbocycles. The molecule has 2 aromatic rings. The quantitative estimate of drug-likeness (QED) is 0.926. The summed E-state index contributed by atoms with van der Waals surface area (Å²) in [6, 6.07) is 4.02. The van der Waals surface area contributed by atoms with E-state index in [9.17, 15) is 4.79 Å². The summed E-state index contributed by atoms with van der Waals surface area (Å²) in [6.45, 7) is 4.40. The van der Waals surface area contributed by atoms with E-state index >= 15 is 0 Å². The first-order valence-corrected chi connectivity index (χ1v) is 8.28. The number of anilines is 1. The third kappa shape index (κ3) is 2.99. The highest BCUT2D eigenvalue weighted by Gasteiger charge is 2.23. The highest BCUT2D eigenvalue weighted by molar-refractivity contribution is 5.35. The number of hydrogen-bond acceptors (Lipinski definition) is 5. The maximum atomic E-state index is 12.5. The fraction of sp³-hybridized carbons (Fsp3) is 0.471. The van der Waals surface area contributed by atoms with Crippen LogP contribution in [0.25, 0.3) is 0 Å². The molecular weight excluding hydrogens is 290 g/mol.